The molecule has 0 aromatic heterocycles. The van der Waals surface area contributed by atoms with Crippen molar-refractivity contribution in [2.24, 2.45) is 11.0 Å². The van der Waals surface area contributed by atoms with Gasteiger partial charge in [-0.3, -0.25) is 4.79 Å². The molecule has 1 aliphatic heterocycles. The second-order valence-corrected chi connectivity index (χ2v) is 6.07. The topological polar surface area (TPSA) is 95.1 Å². The molecule has 24 heavy (non-hydrogen) atoms. The van der Waals surface area contributed by atoms with Crippen LogP contribution in [-0.4, -0.2) is 19.0 Å². The summed E-state index contributed by atoms with van der Waals surface area (Å²) in [6, 6.07) is 15.9. The highest BCUT2D eigenvalue weighted by Crippen LogP contribution is 2.26. The van der Waals surface area contributed by atoms with Crippen molar-refractivity contribution in [3.8, 4) is 0 Å². The quantitative estimate of drug-likeness (QED) is 0.395. The van der Waals surface area contributed by atoms with Gasteiger partial charge in [-0.1, -0.05) is 29.4 Å². The largest absolute Gasteiger partial charge is 0.399 e. The van der Waals surface area contributed by atoms with Gasteiger partial charge in [-0.05, 0) is 53.3 Å². The lowest BCUT2D eigenvalue weighted by molar-refractivity contribution is -0.117. The molecule has 0 radical (unpaired) electrons. The SMILES string of the molecule is [N-]=[N+]=NCC1CC(=O)N(c2ccc(Cc3ccc(N)cc3)cc2)C1. The van der Waals surface area contributed by atoms with Gasteiger partial charge in [0, 0.05) is 35.8 Å². The fourth-order valence-electron chi connectivity index (χ4n) is 2.97. The van der Waals surface area contributed by atoms with Crippen molar-refractivity contribution in [3.05, 3.63) is 70.1 Å². The molecule has 122 valence electrons. The molecular formula is C18H19N5O. The van der Waals surface area contributed by atoms with E-state index in [1.54, 1.807) is 4.90 Å². The molecule has 2 aromatic rings. The Kier molecular flexibility index (Phi) is 4.68. The smallest absolute Gasteiger partial charge is 0.227 e. The van der Waals surface area contributed by atoms with Crippen LogP contribution in [0.3, 0.4) is 0 Å². The number of rotatable bonds is 5. The Labute approximate surface area is 140 Å². The molecule has 2 N–H and O–H groups in total. The molecule has 6 heteroatoms. The number of benzene rings is 2. The summed E-state index contributed by atoms with van der Waals surface area (Å²) in [5.41, 5.74) is 18.1. The number of nitrogens with zero attached hydrogens (tertiary/aromatic N) is 4. The number of carbonyl (C=O) groups excluding carboxylic acids is 1. The zero-order valence-corrected chi connectivity index (χ0v) is 13.3. The Morgan fingerprint density at radius 1 is 1.12 bits per heavy atom. The molecule has 1 saturated heterocycles. The molecule has 0 spiro atoms. The highest BCUT2D eigenvalue weighted by Gasteiger charge is 2.29. The predicted molar refractivity (Wildman–Crippen MR) is 94.6 cm³/mol. The van der Waals surface area contributed by atoms with Crippen LogP contribution < -0.4 is 10.6 Å². The van der Waals surface area contributed by atoms with Crippen molar-refractivity contribution in [3.63, 3.8) is 0 Å². The number of nitrogens with two attached hydrogens (primary N) is 1. The minimum Gasteiger partial charge on any atom is -0.399 e. The third-order valence-corrected chi connectivity index (χ3v) is 4.24. The van der Waals surface area contributed by atoms with Gasteiger partial charge in [0.25, 0.3) is 0 Å². The molecular weight excluding hydrogens is 302 g/mol. The molecule has 1 atom stereocenters. The summed E-state index contributed by atoms with van der Waals surface area (Å²) in [7, 11) is 0. The summed E-state index contributed by atoms with van der Waals surface area (Å²) in [5.74, 6) is 0.183. The lowest BCUT2D eigenvalue weighted by Crippen LogP contribution is -2.24. The van der Waals surface area contributed by atoms with E-state index >= 15 is 0 Å². The first kappa shape index (κ1) is 15.9. The van der Waals surface area contributed by atoms with Crippen LogP contribution in [0.15, 0.2) is 53.6 Å². The summed E-state index contributed by atoms with van der Waals surface area (Å²) >= 11 is 0. The Hall–Kier alpha value is -2.98. The monoisotopic (exact) mass is 321 g/mol. The molecule has 0 bridgehead atoms. The highest BCUT2D eigenvalue weighted by molar-refractivity contribution is 5.95. The number of carbonyl (C=O) groups is 1. The summed E-state index contributed by atoms with van der Waals surface area (Å²) in [5, 5.41) is 3.58. The Morgan fingerprint density at radius 3 is 2.38 bits per heavy atom. The third-order valence-electron chi connectivity index (χ3n) is 4.24. The predicted octanol–water partition coefficient (Wildman–Crippen LogP) is 3.52. The summed E-state index contributed by atoms with van der Waals surface area (Å²) in [4.78, 5) is 16.7. The van der Waals surface area contributed by atoms with E-state index in [0.29, 0.717) is 19.5 Å². The van der Waals surface area contributed by atoms with Crippen LogP contribution in [0.4, 0.5) is 11.4 Å². The van der Waals surface area contributed by atoms with Gasteiger partial charge in [-0.25, -0.2) is 0 Å². The molecule has 2 aromatic carbocycles. The van der Waals surface area contributed by atoms with Crippen molar-refractivity contribution < 1.29 is 4.79 Å². The van der Waals surface area contributed by atoms with E-state index in [4.69, 9.17) is 11.3 Å². The minimum absolute atomic E-state index is 0.0828. The van der Waals surface area contributed by atoms with Gasteiger partial charge in [-0.15, -0.1) is 0 Å². The molecule has 1 amide bonds. The van der Waals surface area contributed by atoms with Crippen LogP contribution in [0.1, 0.15) is 17.5 Å². The maximum atomic E-state index is 12.1. The first-order chi connectivity index (χ1) is 11.7. The standard InChI is InChI=1S/C18H19N5O/c19-16-5-1-13(2-6-16)9-14-3-7-17(8-4-14)23-12-15(10-18(23)24)11-21-22-20/h1-8,15H,9-12,19H2. The zero-order valence-electron chi connectivity index (χ0n) is 13.3. The average Bonchev–Trinajstić information content (AvgIpc) is 2.96. The second-order valence-electron chi connectivity index (χ2n) is 6.07. The van der Waals surface area contributed by atoms with Crippen LogP contribution in [0.25, 0.3) is 10.4 Å². The maximum absolute atomic E-state index is 12.1. The van der Waals surface area contributed by atoms with E-state index in [1.807, 2.05) is 48.5 Å². The average molecular weight is 321 g/mol. The number of anilines is 2. The van der Waals surface area contributed by atoms with Gasteiger partial charge in [0.1, 0.15) is 0 Å². The highest BCUT2D eigenvalue weighted by atomic mass is 16.2. The number of nitrogen functional groups attached to an aromatic ring is 1. The van der Waals surface area contributed by atoms with Gasteiger partial charge in [0.2, 0.25) is 5.91 Å². The Morgan fingerprint density at radius 2 is 1.75 bits per heavy atom. The second kappa shape index (κ2) is 7.06. The van der Waals surface area contributed by atoms with Gasteiger partial charge < -0.3 is 10.6 Å². The summed E-state index contributed by atoms with van der Waals surface area (Å²) in [6.07, 6.45) is 1.26. The fraction of sp³-hybridized carbons (Fsp3) is 0.278. The molecule has 3 rings (SSSR count). The maximum Gasteiger partial charge on any atom is 0.227 e. The summed E-state index contributed by atoms with van der Waals surface area (Å²) in [6.45, 7) is 0.975. The molecule has 6 nitrogen and oxygen atoms in total. The van der Waals surface area contributed by atoms with Gasteiger partial charge >= 0.3 is 0 Å². The molecule has 0 aliphatic carbocycles. The van der Waals surface area contributed by atoms with E-state index in [2.05, 4.69) is 10.0 Å². The van der Waals surface area contributed by atoms with Gasteiger partial charge in [-0.2, -0.15) is 0 Å². The normalized spacial score (nSPS) is 16.9. The van der Waals surface area contributed by atoms with Crippen molar-refractivity contribution >= 4 is 17.3 Å². The first-order valence-corrected chi connectivity index (χ1v) is 7.90. The molecule has 1 fully saturated rings. The van der Waals surface area contributed by atoms with E-state index in [1.165, 1.54) is 11.1 Å². The van der Waals surface area contributed by atoms with E-state index in [0.717, 1.165) is 17.8 Å². The van der Waals surface area contributed by atoms with Gasteiger partial charge in [0.05, 0.1) is 0 Å². The van der Waals surface area contributed by atoms with Crippen LogP contribution in [0.5, 0.6) is 0 Å². The van der Waals surface area contributed by atoms with Crippen LogP contribution in [-0.2, 0) is 11.2 Å². The molecule has 1 aliphatic rings. The van der Waals surface area contributed by atoms with E-state index in [-0.39, 0.29) is 11.8 Å². The van der Waals surface area contributed by atoms with Crippen LogP contribution in [0, 0.1) is 5.92 Å². The minimum atomic E-state index is 0.0828. The lowest BCUT2D eigenvalue weighted by atomic mass is 10.0. The van der Waals surface area contributed by atoms with Crippen molar-refractivity contribution in [1.29, 1.82) is 0 Å². The van der Waals surface area contributed by atoms with Gasteiger partial charge in [0.15, 0.2) is 0 Å². The van der Waals surface area contributed by atoms with E-state index in [9.17, 15) is 4.79 Å². The fourth-order valence-corrected chi connectivity index (χ4v) is 2.97. The lowest BCUT2D eigenvalue weighted by Gasteiger charge is -2.17. The first-order valence-electron chi connectivity index (χ1n) is 7.90. The summed E-state index contributed by atoms with van der Waals surface area (Å²) < 4.78 is 0. The molecule has 1 unspecified atom stereocenters. The van der Waals surface area contributed by atoms with Crippen LogP contribution >= 0.6 is 0 Å². The number of hydrogen-bond donors (Lipinski definition) is 1. The van der Waals surface area contributed by atoms with Crippen molar-refractivity contribution in [1.82, 2.24) is 0 Å². The Bertz CT molecular complexity index is 763. The number of azide groups is 1. The number of amides is 1. The number of hydrogen-bond acceptors (Lipinski definition) is 3. The zero-order chi connectivity index (χ0) is 16.9. The molecule has 1 heterocycles. The van der Waals surface area contributed by atoms with Crippen molar-refractivity contribution in [2.75, 3.05) is 23.7 Å². The Balaban J connectivity index is 1.67. The van der Waals surface area contributed by atoms with Crippen molar-refractivity contribution in [2.45, 2.75) is 12.8 Å². The third kappa shape index (κ3) is 3.67. The van der Waals surface area contributed by atoms with Crippen LogP contribution in [0.2, 0.25) is 0 Å². The molecule has 0 saturated carbocycles. The van der Waals surface area contributed by atoms with E-state index < -0.39 is 0 Å².